The summed E-state index contributed by atoms with van der Waals surface area (Å²) < 4.78 is 44.0. The summed E-state index contributed by atoms with van der Waals surface area (Å²) in [5.41, 5.74) is 6.67. The van der Waals surface area contributed by atoms with Crippen molar-refractivity contribution in [3.05, 3.63) is 6.33 Å². The van der Waals surface area contributed by atoms with Crippen molar-refractivity contribution >= 4 is 42.4 Å². The number of rotatable bonds is 9. The highest BCUT2D eigenvalue weighted by molar-refractivity contribution is 7.51. The van der Waals surface area contributed by atoms with Crippen LogP contribution >= 0.6 is 19.3 Å². The number of fused-ring (bicyclic) bond motifs is 2. The molecule has 2 aliphatic heterocycles. The molecule has 0 spiro atoms. The van der Waals surface area contributed by atoms with Gasteiger partial charge in [0.05, 0.1) is 31.5 Å². The molecule has 2 aromatic rings. The number of carbonyl (C=O) groups excluding carboxylic acids is 1. The van der Waals surface area contributed by atoms with Crippen LogP contribution in [0.2, 0.25) is 0 Å². The lowest BCUT2D eigenvalue weighted by Gasteiger charge is -2.37. The van der Waals surface area contributed by atoms with Gasteiger partial charge in [-0.25, -0.2) is 14.6 Å². The van der Waals surface area contributed by atoms with E-state index in [1.54, 1.807) is 25.3 Å². The van der Waals surface area contributed by atoms with Gasteiger partial charge in [0.1, 0.15) is 23.7 Å². The molecule has 2 saturated heterocycles. The van der Waals surface area contributed by atoms with E-state index in [2.05, 4.69) is 20.0 Å². The summed E-state index contributed by atoms with van der Waals surface area (Å²) in [6.07, 6.45) is -0.711. The molecule has 4 rings (SSSR count). The first kappa shape index (κ1) is 28.0. The average Bonchev–Trinajstić information content (AvgIpc) is 3.34. The second-order valence-corrected chi connectivity index (χ2v) is 12.4. The highest BCUT2D eigenvalue weighted by Crippen LogP contribution is 2.58. The van der Waals surface area contributed by atoms with Crippen molar-refractivity contribution in [1.82, 2.24) is 24.6 Å². The molecule has 2 aliphatic rings. The number of halogens is 1. The van der Waals surface area contributed by atoms with Crippen molar-refractivity contribution in [2.24, 2.45) is 11.8 Å². The summed E-state index contributed by atoms with van der Waals surface area (Å²) in [5, 5.41) is 2.93. The summed E-state index contributed by atoms with van der Waals surface area (Å²) in [6, 6.07) is -0.473. The minimum atomic E-state index is -3.83. The lowest BCUT2D eigenvalue weighted by molar-refractivity contribution is -0.148. The number of carbonyl (C=O) groups is 1. The molecule has 6 atom stereocenters. The van der Waals surface area contributed by atoms with E-state index in [-0.39, 0.29) is 42.8 Å². The summed E-state index contributed by atoms with van der Waals surface area (Å²) in [5.74, 6) is -0.397. The number of nitrogens with two attached hydrogens (primary N) is 1. The molecule has 0 radical (unpaired) electrons. The number of nitrogen functional groups attached to an aromatic ring is 1. The third-order valence-electron chi connectivity index (χ3n) is 6.29. The van der Waals surface area contributed by atoms with Crippen molar-refractivity contribution in [2.75, 3.05) is 25.6 Å². The average molecular weight is 561 g/mol. The number of ether oxygens (including phenoxy) is 3. The van der Waals surface area contributed by atoms with Gasteiger partial charge in [-0.05, 0) is 19.8 Å². The number of nitrogens with zero attached hydrogens (tertiary/aromatic N) is 4. The smallest absolute Gasteiger partial charge is 0.406 e. The number of imidazole rings is 1. The molecule has 2 fully saturated rings. The predicted molar refractivity (Wildman–Crippen MR) is 135 cm³/mol. The Labute approximate surface area is 220 Å². The van der Waals surface area contributed by atoms with Gasteiger partial charge in [-0.3, -0.25) is 18.4 Å². The van der Waals surface area contributed by atoms with Gasteiger partial charge >= 0.3 is 13.7 Å². The zero-order chi connectivity index (χ0) is 27.1. The Hall–Kier alpha value is -2.02. The molecule has 15 heteroatoms. The fourth-order valence-electron chi connectivity index (χ4n) is 4.16. The number of aromatic nitrogens is 4. The summed E-state index contributed by atoms with van der Waals surface area (Å²) in [7, 11) is -3.83. The van der Waals surface area contributed by atoms with Crippen molar-refractivity contribution in [3.8, 4) is 5.88 Å². The molecule has 0 aliphatic carbocycles. The van der Waals surface area contributed by atoms with Gasteiger partial charge in [0.2, 0.25) is 11.8 Å². The van der Waals surface area contributed by atoms with E-state index in [0.717, 1.165) is 0 Å². The molecule has 206 valence electrons. The fourth-order valence-corrected chi connectivity index (χ4v) is 6.54. The van der Waals surface area contributed by atoms with Gasteiger partial charge in [0.15, 0.2) is 17.4 Å². The lowest BCUT2D eigenvalue weighted by Crippen LogP contribution is -2.47. The van der Waals surface area contributed by atoms with Crippen LogP contribution < -0.4 is 15.6 Å². The maximum Gasteiger partial charge on any atom is 0.406 e. The van der Waals surface area contributed by atoms with Gasteiger partial charge in [-0.1, -0.05) is 27.7 Å². The van der Waals surface area contributed by atoms with E-state index < -0.39 is 37.1 Å². The highest BCUT2D eigenvalue weighted by Gasteiger charge is 2.60. The van der Waals surface area contributed by atoms with E-state index in [9.17, 15) is 9.36 Å². The molecule has 0 amide bonds. The Kier molecular flexibility index (Phi) is 8.04. The van der Waals surface area contributed by atoms with Crippen LogP contribution in [0.3, 0.4) is 0 Å². The van der Waals surface area contributed by atoms with Crippen molar-refractivity contribution < 1.29 is 32.6 Å². The number of anilines is 1. The predicted octanol–water partition coefficient (Wildman–Crippen LogP) is 3.04. The molecular formula is C22H34ClN6O7P. The van der Waals surface area contributed by atoms with Gasteiger partial charge < -0.3 is 19.9 Å². The molecule has 0 bridgehead atoms. The molecule has 37 heavy (non-hydrogen) atoms. The van der Waals surface area contributed by atoms with Crippen LogP contribution in [0, 0.1) is 11.8 Å². The lowest BCUT2D eigenvalue weighted by atomic mass is 10.0. The number of esters is 1. The molecule has 4 heterocycles. The Balaban J connectivity index is 1.55. The molecule has 13 nitrogen and oxygen atoms in total. The number of alkyl halides is 1. The van der Waals surface area contributed by atoms with Crippen LogP contribution in [0.15, 0.2) is 6.33 Å². The first-order chi connectivity index (χ1) is 17.4. The first-order valence-corrected chi connectivity index (χ1v) is 14.1. The quantitative estimate of drug-likeness (QED) is 0.262. The minimum Gasteiger partial charge on any atom is -0.476 e. The van der Waals surface area contributed by atoms with Gasteiger partial charge in [-0.15, -0.1) is 11.6 Å². The molecule has 3 N–H and O–H groups in total. The molecule has 2 aromatic heterocycles. The van der Waals surface area contributed by atoms with Gasteiger partial charge in [0.25, 0.3) is 0 Å². The Bertz CT molecular complexity index is 1190. The molecule has 0 saturated carbocycles. The van der Waals surface area contributed by atoms with Crippen molar-refractivity contribution in [1.29, 1.82) is 0 Å². The third kappa shape index (κ3) is 5.57. The zero-order valence-corrected chi connectivity index (χ0v) is 23.4. The van der Waals surface area contributed by atoms with Crippen molar-refractivity contribution in [3.63, 3.8) is 0 Å². The van der Waals surface area contributed by atoms with Crippen molar-refractivity contribution in [2.45, 2.75) is 70.9 Å². The summed E-state index contributed by atoms with van der Waals surface area (Å²) >= 11 is 7.03. The van der Waals surface area contributed by atoms with E-state index >= 15 is 0 Å². The maximum atomic E-state index is 13.6. The van der Waals surface area contributed by atoms with E-state index in [4.69, 9.17) is 40.6 Å². The monoisotopic (exact) mass is 560 g/mol. The second kappa shape index (κ2) is 10.6. The van der Waals surface area contributed by atoms with E-state index in [1.165, 1.54) is 6.33 Å². The Morgan fingerprint density at radius 2 is 2.11 bits per heavy atom. The normalized spacial score (nSPS) is 30.6. The zero-order valence-electron chi connectivity index (χ0n) is 21.7. The maximum absolute atomic E-state index is 13.6. The minimum absolute atomic E-state index is 0.00979. The standard InChI is InChI=1S/C22H34ClN6O7P/c1-7-32-18-15-17(26-21(24)27-18)29(10-25-15)20-22(6,23)16-14(35-20)9-34-37(31,36-16)28-13(11(2)3)8-33-19(30)12(4)5/h10-14,16,20H,7-9H2,1-6H3,(H,28,31)(H2,24,26,27)/t13-,14+,16?,20+,22+,37-/m0/s1. The number of nitrogens with one attached hydrogen (secondary N) is 1. The molecule has 1 unspecified atom stereocenters. The largest absolute Gasteiger partial charge is 0.476 e. The van der Waals surface area contributed by atoms with E-state index in [1.807, 2.05) is 20.8 Å². The van der Waals surface area contributed by atoms with Crippen LogP contribution in [-0.2, 0) is 27.9 Å². The fraction of sp³-hybridized carbons (Fsp3) is 0.727. The van der Waals surface area contributed by atoms with Crippen LogP contribution in [0.25, 0.3) is 11.2 Å². The van der Waals surface area contributed by atoms with Crippen LogP contribution in [-0.4, -0.2) is 68.4 Å². The molecule has 0 aromatic carbocycles. The Morgan fingerprint density at radius 1 is 1.38 bits per heavy atom. The molecular weight excluding hydrogens is 527 g/mol. The first-order valence-electron chi connectivity index (χ1n) is 12.2. The Morgan fingerprint density at radius 3 is 2.76 bits per heavy atom. The van der Waals surface area contributed by atoms with Gasteiger partial charge in [-0.2, -0.15) is 9.97 Å². The summed E-state index contributed by atoms with van der Waals surface area (Å²) in [6.45, 7) is 11.2. The van der Waals surface area contributed by atoms with Crippen LogP contribution in [0.4, 0.5) is 5.95 Å². The summed E-state index contributed by atoms with van der Waals surface area (Å²) in [4.78, 5) is 23.6. The second-order valence-electron chi connectivity index (χ2n) is 9.91. The highest BCUT2D eigenvalue weighted by atomic mass is 35.5. The SMILES string of the molecule is CCOc1nc(N)nc2c1ncn2[C@@H]1O[C@@H]2CO[P@@](=O)(N[C@@H](COC(=O)C(C)C)C(C)C)OC2[C@@]1(C)Cl. The number of hydrogen-bond acceptors (Lipinski definition) is 11. The van der Waals surface area contributed by atoms with Gasteiger partial charge in [0, 0.05) is 0 Å². The topological polar surface area (TPSA) is 162 Å². The number of hydrogen-bond donors (Lipinski definition) is 2. The van der Waals surface area contributed by atoms with E-state index in [0.29, 0.717) is 17.8 Å². The van der Waals surface area contributed by atoms with Crippen LogP contribution in [0.5, 0.6) is 5.88 Å². The third-order valence-corrected chi connectivity index (χ3v) is 8.33. The van der Waals surface area contributed by atoms with Crippen LogP contribution in [0.1, 0.15) is 47.8 Å².